The maximum absolute atomic E-state index is 14.0. The Kier molecular flexibility index (Phi) is 5.17. The van der Waals surface area contributed by atoms with Gasteiger partial charge < -0.3 is 15.5 Å². The number of anilines is 1. The van der Waals surface area contributed by atoms with Crippen LogP contribution in [0.2, 0.25) is 0 Å². The van der Waals surface area contributed by atoms with E-state index in [0.717, 1.165) is 11.0 Å². The number of carbonyl (C=O) groups excluding carboxylic acids is 2. The van der Waals surface area contributed by atoms with Gasteiger partial charge in [0.25, 0.3) is 0 Å². The fourth-order valence-corrected chi connectivity index (χ4v) is 2.94. The smallest absolute Gasteiger partial charge is 0.322 e. The largest absolute Gasteiger partial charge is 0.348 e. The highest BCUT2D eigenvalue weighted by molar-refractivity contribution is 5.94. The second kappa shape index (κ2) is 7.56. The number of aryl methyl sites for hydroxylation is 1. The number of amides is 3. The van der Waals surface area contributed by atoms with Crippen LogP contribution >= 0.6 is 0 Å². The van der Waals surface area contributed by atoms with E-state index in [-0.39, 0.29) is 33.0 Å². The number of nitrogens with zero attached hydrogens (tertiary/aromatic N) is 4. The van der Waals surface area contributed by atoms with Crippen LogP contribution < -0.4 is 10.6 Å². The Morgan fingerprint density at radius 2 is 2.25 bits per heavy atom. The Bertz CT molecular complexity index is 1010. The minimum atomic E-state index is -1.05. The normalized spacial score (nSPS) is 14.0. The highest BCUT2D eigenvalue weighted by atomic mass is 19.2. The highest BCUT2D eigenvalue weighted by Crippen LogP contribution is 2.27. The third-order valence-corrected chi connectivity index (χ3v) is 4.37. The monoisotopic (exact) mass is 390 g/mol. The molecule has 1 aliphatic heterocycles. The molecule has 2 heterocycles. The maximum Gasteiger partial charge on any atom is 0.322 e. The summed E-state index contributed by atoms with van der Waals surface area (Å²) in [5, 5.41) is 14.0. The van der Waals surface area contributed by atoms with Gasteiger partial charge in [-0.25, -0.2) is 23.5 Å². The predicted molar refractivity (Wildman–Crippen MR) is 98.1 cm³/mol. The van der Waals surface area contributed by atoms with Crippen molar-refractivity contribution in [1.82, 2.24) is 20.2 Å². The molecule has 2 aromatic rings. The molecule has 1 aromatic heterocycles. The number of nitrogens with one attached hydrogen (secondary N) is 2. The molecular weight excluding hydrogens is 370 g/mol. The number of benzene rings is 1. The van der Waals surface area contributed by atoms with E-state index < -0.39 is 29.6 Å². The third-order valence-electron chi connectivity index (χ3n) is 4.37. The molecule has 0 spiro atoms. The molecule has 3 rings (SSSR count). The van der Waals surface area contributed by atoms with E-state index in [9.17, 15) is 18.4 Å². The van der Waals surface area contributed by atoms with Crippen molar-refractivity contribution in [1.29, 1.82) is 5.26 Å². The van der Waals surface area contributed by atoms with E-state index in [4.69, 9.17) is 5.26 Å². The molecule has 0 unspecified atom stereocenters. The van der Waals surface area contributed by atoms with Crippen LogP contribution in [0.25, 0.3) is 0 Å². The molecule has 148 valence electrons. The van der Waals surface area contributed by atoms with E-state index in [1.54, 1.807) is 13.8 Å². The number of carbonyl (C=O) groups is 2. The average Bonchev–Trinajstić information content (AvgIpc) is 2.65. The van der Waals surface area contributed by atoms with Crippen molar-refractivity contribution >= 4 is 17.6 Å². The number of aromatic nitrogens is 2. The number of nitriles is 1. The molecule has 10 heteroatoms. The first-order valence-electron chi connectivity index (χ1n) is 8.36. The molecule has 3 amide bonds. The van der Waals surface area contributed by atoms with Crippen molar-refractivity contribution in [3.05, 3.63) is 52.6 Å². The predicted octanol–water partition coefficient (Wildman–Crippen LogP) is 2.65. The molecule has 0 fully saturated rings. The Balaban J connectivity index is 0.00000225. The summed E-state index contributed by atoms with van der Waals surface area (Å²) in [6, 6.07) is 2.98. The topological polar surface area (TPSA) is 111 Å². The molecule has 1 aromatic carbocycles. The maximum atomic E-state index is 14.0. The van der Waals surface area contributed by atoms with Gasteiger partial charge in [0.15, 0.2) is 11.6 Å². The van der Waals surface area contributed by atoms with Crippen LogP contribution in [0.15, 0.2) is 18.3 Å². The molecule has 1 atom stereocenters. The van der Waals surface area contributed by atoms with Crippen molar-refractivity contribution in [2.24, 2.45) is 0 Å². The Labute approximate surface area is 162 Å². The zero-order valence-corrected chi connectivity index (χ0v) is 15.1. The molecule has 0 bridgehead atoms. The summed E-state index contributed by atoms with van der Waals surface area (Å²) in [6.45, 7) is 2.82. The lowest BCUT2D eigenvalue weighted by Gasteiger charge is -2.29. The molecule has 8 nitrogen and oxygen atoms in total. The Hall–Kier alpha value is -3.61. The second-order valence-corrected chi connectivity index (χ2v) is 6.31. The van der Waals surface area contributed by atoms with Crippen molar-refractivity contribution in [2.75, 3.05) is 11.9 Å². The number of fused-ring (bicyclic) bond motifs is 1. The van der Waals surface area contributed by atoms with Crippen LogP contribution in [0.3, 0.4) is 0 Å². The van der Waals surface area contributed by atoms with Gasteiger partial charge in [-0.1, -0.05) is 0 Å². The number of halogens is 2. The average molecular weight is 390 g/mol. The first kappa shape index (κ1) is 19.2. The van der Waals surface area contributed by atoms with Crippen molar-refractivity contribution < 1.29 is 21.2 Å². The van der Waals surface area contributed by atoms with Crippen LogP contribution in [-0.2, 0) is 11.3 Å². The minimum Gasteiger partial charge on any atom is -0.348 e. The molecular formula is C18H20F2N6O2. The molecule has 0 saturated heterocycles. The fourth-order valence-electron chi connectivity index (χ4n) is 2.94. The molecule has 0 saturated carbocycles. The summed E-state index contributed by atoms with van der Waals surface area (Å²) >= 11 is 0. The van der Waals surface area contributed by atoms with Crippen LogP contribution in [-0.4, -0.2) is 33.4 Å². The number of rotatable bonds is 4. The van der Waals surface area contributed by atoms with E-state index in [1.807, 2.05) is 6.07 Å². The van der Waals surface area contributed by atoms with Gasteiger partial charge in [0.1, 0.15) is 12.6 Å². The lowest BCUT2D eigenvalue weighted by atomic mass is 10.1. The Morgan fingerprint density at radius 3 is 2.93 bits per heavy atom. The first-order chi connectivity index (χ1) is 13.3. The first-order valence-corrected chi connectivity index (χ1v) is 8.36. The van der Waals surface area contributed by atoms with Gasteiger partial charge in [0.2, 0.25) is 11.7 Å². The van der Waals surface area contributed by atoms with Gasteiger partial charge in [-0.05, 0) is 26.0 Å². The second-order valence-electron chi connectivity index (χ2n) is 6.31. The van der Waals surface area contributed by atoms with Crippen molar-refractivity contribution in [3.8, 4) is 6.07 Å². The van der Waals surface area contributed by atoms with Crippen molar-refractivity contribution in [2.45, 2.75) is 26.4 Å². The zero-order valence-electron chi connectivity index (χ0n) is 15.1. The van der Waals surface area contributed by atoms with Gasteiger partial charge in [-0.3, -0.25) is 4.79 Å². The Morgan fingerprint density at radius 1 is 1.50 bits per heavy atom. The van der Waals surface area contributed by atoms with Crippen LogP contribution in [0.1, 0.15) is 38.5 Å². The van der Waals surface area contributed by atoms with Crippen molar-refractivity contribution in [3.63, 3.8) is 0 Å². The summed E-state index contributed by atoms with van der Waals surface area (Å²) in [5.41, 5.74) is 1.33. The fraction of sp³-hybridized carbons (Fsp3) is 0.278. The molecule has 1 aliphatic rings. The summed E-state index contributed by atoms with van der Waals surface area (Å²) in [6.07, 6.45) is 1.45. The van der Waals surface area contributed by atoms with Gasteiger partial charge >= 0.3 is 6.03 Å². The number of hydrogen-bond donors (Lipinski definition) is 2. The van der Waals surface area contributed by atoms with E-state index in [1.165, 1.54) is 12.3 Å². The zero-order chi connectivity index (χ0) is 20.4. The van der Waals surface area contributed by atoms with Crippen LogP contribution in [0.5, 0.6) is 0 Å². The molecule has 2 N–H and O–H groups in total. The summed E-state index contributed by atoms with van der Waals surface area (Å²) < 4.78 is 27.4. The molecule has 0 aliphatic carbocycles. The molecule has 28 heavy (non-hydrogen) atoms. The lowest BCUT2D eigenvalue weighted by molar-refractivity contribution is -0.122. The summed E-state index contributed by atoms with van der Waals surface area (Å²) in [4.78, 5) is 33.5. The van der Waals surface area contributed by atoms with Gasteiger partial charge in [0.05, 0.1) is 18.3 Å². The minimum absolute atomic E-state index is 0. The highest BCUT2D eigenvalue weighted by Gasteiger charge is 2.28. The quantitative estimate of drug-likeness (QED) is 0.834. The van der Waals surface area contributed by atoms with E-state index in [2.05, 4.69) is 20.6 Å². The van der Waals surface area contributed by atoms with Crippen LogP contribution in [0.4, 0.5) is 19.3 Å². The number of hydrogen-bond acceptors (Lipinski definition) is 5. The summed E-state index contributed by atoms with van der Waals surface area (Å²) in [5.74, 6) is -2.55. The van der Waals surface area contributed by atoms with E-state index in [0.29, 0.717) is 11.3 Å². The van der Waals surface area contributed by atoms with Gasteiger partial charge in [-0.15, -0.1) is 0 Å². The van der Waals surface area contributed by atoms with Gasteiger partial charge in [0, 0.05) is 25.9 Å². The molecule has 0 radical (unpaired) electrons. The van der Waals surface area contributed by atoms with Crippen LogP contribution in [0, 0.1) is 29.9 Å². The van der Waals surface area contributed by atoms with E-state index >= 15 is 0 Å². The SMILES string of the molecule is Cc1nc(C#N)ncc1[C@H](C)NC(=O)CN1Cc2c(ccc(F)c2F)NC1=O.[HH].[HH]. The lowest BCUT2D eigenvalue weighted by Crippen LogP contribution is -2.45. The third kappa shape index (κ3) is 3.73. The number of urea groups is 1. The standard InChI is InChI=1S/C18H16F2N6O2.2H2/c1-9-11(6-22-15(5-21)23-9)10(2)24-16(27)8-26-7-12-14(25-18(26)28)4-3-13(19)17(12)20;;/h3-4,6,10H,7-8H2,1-2H3,(H,24,27)(H,25,28);2*1H/t10-;;/m0../s1. The van der Waals surface area contributed by atoms with Gasteiger partial charge in [-0.2, -0.15) is 5.26 Å². The summed E-state index contributed by atoms with van der Waals surface area (Å²) in [7, 11) is 0.